The maximum Gasteiger partial charge on any atom is 0.338 e. The SMILES string of the molecule is O=C(OC(CCc1ccc(Sc2ccccc2)cc1)C1CCCC1)c1ccccc1. The number of rotatable bonds is 8. The van der Waals surface area contributed by atoms with E-state index in [-0.39, 0.29) is 12.1 Å². The zero-order valence-corrected chi connectivity index (χ0v) is 18.0. The number of hydrogen-bond acceptors (Lipinski definition) is 3. The lowest BCUT2D eigenvalue weighted by Gasteiger charge is -2.24. The van der Waals surface area contributed by atoms with Crippen molar-refractivity contribution in [3.63, 3.8) is 0 Å². The van der Waals surface area contributed by atoms with Crippen molar-refractivity contribution in [2.75, 3.05) is 0 Å². The Morgan fingerprint density at radius 3 is 2.10 bits per heavy atom. The Balaban J connectivity index is 1.36. The molecule has 30 heavy (non-hydrogen) atoms. The summed E-state index contributed by atoms with van der Waals surface area (Å²) >= 11 is 1.78. The fourth-order valence-corrected chi connectivity index (χ4v) is 5.00. The van der Waals surface area contributed by atoms with Crippen molar-refractivity contribution in [3.8, 4) is 0 Å². The van der Waals surface area contributed by atoms with Crippen LogP contribution in [0.4, 0.5) is 0 Å². The first kappa shape index (κ1) is 20.7. The van der Waals surface area contributed by atoms with Crippen molar-refractivity contribution in [1.29, 1.82) is 0 Å². The van der Waals surface area contributed by atoms with Gasteiger partial charge in [-0.2, -0.15) is 0 Å². The average molecular weight is 417 g/mol. The summed E-state index contributed by atoms with van der Waals surface area (Å²) in [5.74, 6) is 0.299. The highest BCUT2D eigenvalue weighted by Gasteiger charge is 2.28. The second-order valence-corrected chi connectivity index (χ2v) is 9.10. The van der Waals surface area contributed by atoms with Crippen molar-refractivity contribution in [1.82, 2.24) is 0 Å². The van der Waals surface area contributed by atoms with Gasteiger partial charge in [-0.3, -0.25) is 0 Å². The molecule has 3 heteroatoms. The molecule has 0 bridgehead atoms. The van der Waals surface area contributed by atoms with Crippen LogP contribution in [0.1, 0.15) is 48.0 Å². The molecule has 0 aromatic heterocycles. The molecule has 0 N–H and O–H groups in total. The first-order valence-corrected chi connectivity index (χ1v) is 11.7. The number of carbonyl (C=O) groups is 1. The molecule has 0 radical (unpaired) electrons. The fraction of sp³-hybridized carbons (Fsp3) is 0.296. The Bertz CT molecular complexity index is 916. The summed E-state index contributed by atoms with van der Waals surface area (Å²) in [6, 6.07) is 28.6. The molecule has 0 heterocycles. The summed E-state index contributed by atoms with van der Waals surface area (Å²) in [6.45, 7) is 0. The Labute approximate surface area is 183 Å². The second kappa shape index (κ2) is 10.5. The van der Waals surface area contributed by atoms with Gasteiger partial charge in [0.05, 0.1) is 5.56 Å². The Kier molecular flexibility index (Phi) is 7.25. The fourth-order valence-electron chi connectivity index (χ4n) is 4.16. The van der Waals surface area contributed by atoms with E-state index in [9.17, 15) is 4.79 Å². The molecular weight excluding hydrogens is 388 g/mol. The summed E-state index contributed by atoms with van der Waals surface area (Å²) < 4.78 is 6.00. The van der Waals surface area contributed by atoms with Gasteiger partial charge in [0, 0.05) is 9.79 Å². The van der Waals surface area contributed by atoms with E-state index in [1.54, 1.807) is 11.8 Å². The number of hydrogen-bond donors (Lipinski definition) is 0. The summed E-state index contributed by atoms with van der Waals surface area (Å²) in [5.41, 5.74) is 1.94. The van der Waals surface area contributed by atoms with Crippen LogP contribution in [-0.2, 0) is 11.2 Å². The standard InChI is InChI=1S/C27H28O2S/c28-27(23-11-3-1-4-12-23)29-26(22-9-7-8-10-22)20-17-21-15-18-25(19-16-21)30-24-13-5-2-6-14-24/h1-6,11-16,18-19,22,26H,7-10,17,20H2. The summed E-state index contributed by atoms with van der Waals surface area (Å²) in [6.07, 6.45) is 6.64. The summed E-state index contributed by atoms with van der Waals surface area (Å²) in [5, 5.41) is 0. The molecule has 154 valence electrons. The lowest BCUT2D eigenvalue weighted by atomic mass is 9.94. The molecule has 2 nitrogen and oxygen atoms in total. The third-order valence-electron chi connectivity index (χ3n) is 5.81. The normalized spacial score (nSPS) is 15.1. The van der Waals surface area contributed by atoms with Gasteiger partial charge in [-0.15, -0.1) is 0 Å². The molecule has 1 atom stereocenters. The van der Waals surface area contributed by atoms with Gasteiger partial charge < -0.3 is 4.74 Å². The molecule has 0 spiro atoms. The van der Waals surface area contributed by atoms with Crippen molar-refractivity contribution < 1.29 is 9.53 Å². The predicted octanol–water partition coefficient (Wildman–Crippen LogP) is 7.19. The molecule has 1 fully saturated rings. The van der Waals surface area contributed by atoms with Crippen LogP contribution < -0.4 is 0 Å². The van der Waals surface area contributed by atoms with Crippen molar-refractivity contribution in [2.45, 2.75) is 54.4 Å². The van der Waals surface area contributed by atoms with Crippen LogP contribution in [0.5, 0.6) is 0 Å². The van der Waals surface area contributed by atoms with Gasteiger partial charge in [-0.25, -0.2) is 4.79 Å². The van der Waals surface area contributed by atoms with E-state index in [2.05, 4.69) is 48.5 Å². The molecule has 0 amide bonds. The molecular formula is C27H28O2S. The first-order valence-electron chi connectivity index (χ1n) is 10.9. The average Bonchev–Trinajstić information content (AvgIpc) is 3.34. The lowest BCUT2D eigenvalue weighted by molar-refractivity contribution is 0.0120. The predicted molar refractivity (Wildman–Crippen MR) is 123 cm³/mol. The number of carbonyl (C=O) groups excluding carboxylic acids is 1. The van der Waals surface area contributed by atoms with E-state index >= 15 is 0 Å². The molecule has 1 saturated carbocycles. The van der Waals surface area contributed by atoms with Gasteiger partial charge in [0.2, 0.25) is 0 Å². The highest BCUT2D eigenvalue weighted by Crippen LogP contribution is 2.32. The highest BCUT2D eigenvalue weighted by molar-refractivity contribution is 7.99. The number of ether oxygens (including phenoxy) is 1. The van der Waals surface area contributed by atoms with E-state index in [0.29, 0.717) is 11.5 Å². The van der Waals surface area contributed by atoms with E-state index < -0.39 is 0 Å². The van der Waals surface area contributed by atoms with Gasteiger partial charge in [0.1, 0.15) is 6.10 Å². The van der Waals surface area contributed by atoms with Crippen LogP contribution in [0.25, 0.3) is 0 Å². The van der Waals surface area contributed by atoms with Gasteiger partial charge in [-0.05, 0) is 73.6 Å². The molecule has 0 saturated heterocycles. The van der Waals surface area contributed by atoms with Crippen LogP contribution in [0.3, 0.4) is 0 Å². The van der Waals surface area contributed by atoms with Crippen molar-refractivity contribution >= 4 is 17.7 Å². The van der Waals surface area contributed by atoms with Gasteiger partial charge in [0.15, 0.2) is 0 Å². The van der Waals surface area contributed by atoms with E-state index in [0.717, 1.165) is 12.8 Å². The van der Waals surface area contributed by atoms with Gasteiger partial charge in [0.25, 0.3) is 0 Å². The Morgan fingerprint density at radius 1 is 0.833 bits per heavy atom. The molecule has 0 aliphatic heterocycles. The smallest absolute Gasteiger partial charge is 0.338 e. The molecule has 4 rings (SSSR count). The maximum absolute atomic E-state index is 12.6. The molecule has 3 aromatic rings. The zero-order valence-electron chi connectivity index (χ0n) is 17.2. The van der Waals surface area contributed by atoms with E-state index in [4.69, 9.17) is 4.74 Å². The maximum atomic E-state index is 12.6. The summed E-state index contributed by atoms with van der Waals surface area (Å²) in [4.78, 5) is 15.1. The van der Waals surface area contributed by atoms with Crippen LogP contribution in [-0.4, -0.2) is 12.1 Å². The highest BCUT2D eigenvalue weighted by atomic mass is 32.2. The monoisotopic (exact) mass is 416 g/mol. The molecule has 3 aromatic carbocycles. The molecule has 1 unspecified atom stereocenters. The van der Waals surface area contributed by atoms with Crippen LogP contribution in [0.15, 0.2) is 94.7 Å². The largest absolute Gasteiger partial charge is 0.458 e. The van der Waals surface area contributed by atoms with Crippen molar-refractivity contribution in [2.24, 2.45) is 5.92 Å². The third-order valence-corrected chi connectivity index (χ3v) is 6.83. The van der Waals surface area contributed by atoms with Gasteiger partial charge >= 0.3 is 5.97 Å². The molecule has 1 aliphatic carbocycles. The van der Waals surface area contributed by atoms with E-state index in [1.807, 2.05) is 36.4 Å². The van der Waals surface area contributed by atoms with Gasteiger partial charge in [-0.1, -0.05) is 73.1 Å². The van der Waals surface area contributed by atoms with Crippen LogP contribution in [0, 0.1) is 5.92 Å². The quantitative estimate of drug-likeness (QED) is 0.364. The lowest BCUT2D eigenvalue weighted by Crippen LogP contribution is -2.26. The van der Waals surface area contributed by atoms with E-state index in [1.165, 1.54) is 41.0 Å². The Morgan fingerprint density at radius 2 is 1.43 bits per heavy atom. The second-order valence-electron chi connectivity index (χ2n) is 7.95. The van der Waals surface area contributed by atoms with Crippen LogP contribution in [0.2, 0.25) is 0 Å². The minimum Gasteiger partial charge on any atom is -0.458 e. The number of esters is 1. The number of aryl methyl sites for hydroxylation is 1. The summed E-state index contributed by atoms with van der Waals surface area (Å²) in [7, 11) is 0. The minimum absolute atomic E-state index is 0.00132. The number of benzene rings is 3. The topological polar surface area (TPSA) is 26.3 Å². The molecule has 1 aliphatic rings. The van der Waals surface area contributed by atoms with Crippen LogP contribution >= 0.6 is 11.8 Å². The minimum atomic E-state index is -0.192. The first-order chi connectivity index (χ1) is 14.8. The Hall–Kier alpha value is -2.52. The zero-order chi connectivity index (χ0) is 20.6. The third kappa shape index (κ3) is 5.76. The van der Waals surface area contributed by atoms with Crippen molar-refractivity contribution in [3.05, 3.63) is 96.1 Å².